The topological polar surface area (TPSA) is 182 Å². The van der Waals surface area contributed by atoms with Crippen molar-refractivity contribution in [2.24, 2.45) is 29.4 Å². The zero-order chi connectivity index (χ0) is 23.9. The third kappa shape index (κ3) is 3.20. The third-order valence-corrected chi connectivity index (χ3v) is 7.38. The van der Waals surface area contributed by atoms with E-state index in [1.54, 1.807) is 19.1 Å². The minimum Gasteiger partial charge on any atom is -0.510 e. The number of phenols is 1. The van der Waals surface area contributed by atoms with Gasteiger partial charge in [0.15, 0.2) is 17.4 Å². The summed E-state index contributed by atoms with van der Waals surface area (Å²) in [6.45, 7) is 1.68. The molecule has 33 heavy (non-hydrogen) atoms. The first kappa shape index (κ1) is 25.1. The Balaban J connectivity index is 0.00000306. The van der Waals surface area contributed by atoms with Crippen LogP contribution in [0.1, 0.15) is 28.8 Å². The zero-order valence-electron chi connectivity index (χ0n) is 18.2. The Hall–Kier alpha value is -2.50. The van der Waals surface area contributed by atoms with Crippen molar-refractivity contribution in [2.75, 3.05) is 14.1 Å². The van der Waals surface area contributed by atoms with Crippen LogP contribution >= 0.6 is 12.4 Å². The first-order valence-electron chi connectivity index (χ1n) is 10.3. The highest BCUT2D eigenvalue weighted by Gasteiger charge is 2.69. The van der Waals surface area contributed by atoms with E-state index in [-0.39, 0.29) is 23.7 Å². The summed E-state index contributed by atoms with van der Waals surface area (Å²) in [6.07, 6.45) is -1.43. The number of phenolic OH excluding ortho intramolecular Hbond substituents is 1. The average Bonchev–Trinajstić information content (AvgIpc) is 2.67. The van der Waals surface area contributed by atoms with Crippen molar-refractivity contribution in [3.63, 3.8) is 0 Å². The standard InChI is InChI=1S/C22H26N2O8.ClH/c1-7-8-5-4-6-9(25)11(8)18(27)14-10(7)17(26)12-15(22(14,31)32)19(28)13(21(23)30)20(29)16(12)24(2)3;/h4-7,10,12,14-17,25-26,29,31-32H,1-3H3,(H2,23,30);1H. The molecule has 0 saturated heterocycles. The maximum Gasteiger partial charge on any atom is 0.255 e. The van der Waals surface area contributed by atoms with E-state index in [1.165, 1.54) is 25.1 Å². The first-order valence-corrected chi connectivity index (χ1v) is 10.3. The number of hydrogen-bond donors (Lipinski definition) is 6. The predicted octanol–water partition coefficient (Wildman–Crippen LogP) is -0.556. The number of Topliss-reactive ketones (excluding diaryl/α,β-unsaturated/α-hetero) is 2. The molecule has 11 heteroatoms. The monoisotopic (exact) mass is 482 g/mol. The molecule has 7 unspecified atom stereocenters. The van der Waals surface area contributed by atoms with Crippen LogP contribution in [0.15, 0.2) is 29.5 Å². The quantitative estimate of drug-likeness (QED) is 0.238. The Morgan fingerprint density at radius 1 is 1.06 bits per heavy atom. The van der Waals surface area contributed by atoms with E-state index < -0.39 is 76.3 Å². The van der Waals surface area contributed by atoms with Gasteiger partial charge < -0.3 is 31.3 Å². The summed E-state index contributed by atoms with van der Waals surface area (Å²) in [5.41, 5.74) is 4.85. The molecule has 0 aliphatic heterocycles. The summed E-state index contributed by atoms with van der Waals surface area (Å²) in [7, 11) is 3.06. The molecule has 0 heterocycles. The number of hydrogen-bond acceptors (Lipinski definition) is 9. The van der Waals surface area contributed by atoms with Gasteiger partial charge in [0, 0.05) is 11.8 Å². The molecule has 0 radical (unpaired) electrons. The van der Waals surface area contributed by atoms with Crippen LogP contribution in [0.5, 0.6) is 5.75 Å². The molecule has 1 saturated carbocycles. The molecule has 3 aliphatic rings. The highest BCUT2D eigenvalue weighted by atomic mass is 35.5. The van der Waals surface area contributed by atoms with Gasteiger partial charge in [-0.3, -0.25) is 19.3 Å². The van der Waals surface area contributed by atoms with E-state index in [2.05, 4.69) is 0 Å². The Labute approximate surface area is 195 Å². The minimum atomic E-state index is -2.98. The lowest BCUT2D eigenvalue weighted by Gasteiger charge is -2.57. The largest absolute Gasteiger partial charge is 0.510 e. The van der Waals surface area contributed by atoms with Gasteiger partial charge in [-0.2, -0.15) is 0 Å². The van der Waals surface area contributed by atoms with E-state index in [4.69, 9.17) is 5.73 Å². The number of primary amides is 1. The zero-order valence-corrected chi connectivity index (χ0v) is 19.0. The Morgan fingerprint density at radius 3 is 2.18 bits per heavy atom. The van der Waals surface area contributed by atoms with Gasteiger partial charge in [0.25, 0.3) is 5.91 Å². The number of nitrogens with zero attached hydrogens (tertiary/aromatic N) is 1. The van der Waals surface area contributed by atoms with E-state index in [1.807, 2.05) is 0 Å². The van der Waals surface area contributed by atoms with Crippen molar-refractivity contribution in [3.8, 4) is 5.75 Å². The number of fused-ring (bicyclic) bond motifs is 3. The summed E-state index contributed by atoms with van der Waals surface area (Å²) in [6, 6.07) is 3.31. The number of rotatable bonds is 2. The molecule has 1 aromatic carbocycles. The van der Waals surface area contributed by atoms with Gasteiger partial charge >= 0.3 is 0 Å². The van der Waals surface area contributed by atoms with Crippen LogP contribution in [0.25, 0.3) is 0 Å². The number of likely N-dealkylation sites (N-methyl/N-ethyl adjacent to an activating group) is 1. The molecule has 10 nitrogen and oxygen atoms in total. The Bertz CT molecular complexity index is 1070. The van der Waals surface area contributed by atoms with Gasteiger partial charge in [-0.15, -0.1) is 12.4 Å². The highest BCUT2D eigenvalue weighted by Crippen LogP contribution is 2.57. The fourth-order valence-corrected chi connectivity index (χ4v) is 6.12. The molecular weight excluding hydrogens is 456 g/mol. The van der Waals surface area contributed by atoms with Crippen molar-refractivity contribution in [2.45, 2.75) is 30.8 Å². The van der Waals surface area contributed by atoms with E-state index in [9.17, 15) is 39.9 Å². The second-order valence-electron chi connectivity index (χ2n) is 9.18. The fourth-order valence-electron chi connectivity index (χ4n) is 6.12. The van der Waals surface area contributed by atoms with E-state index in [0.717, 1.165) is 0 Å². The second kappa shape index (κ2) is 8.07. The minimum absolute atomic E-state index is 0. The van der Waals surface area contributed by atoms with Crippen LogP contribution in [-0.2, 0) is 9.59 Å². The fraction of sp³-hybridized carbons (Fsp3) is 0.500. The van der Waals surface area contributed by atoms with Gasteiger partial charge in [0.1, 0.15) is 17.1 Å². The molecule has 1 amide bonds. The van der Waals surface area contributed by atoms with Gasteiger partial charge in [-0.25, -0.2) is 0 Å². The lowest BCUT2D eigenvalue weighted by atomic mass is 9.50. The van der Waals surface area contributed by atoms with Crippen LogP contribution in [0.4, 0.5) is 0 Å². The predicted molar refractivity (Wildman–Crippen MR) is 117 cm³/mol. The summed E-state index contributed by atoms with van der Waals surface area (Å²) < 4.78 is 0. The lowest BCUT2D eigenvalue weighted by molar-refractivity contribution is -0.283. The highest BCUT2D eigenvalue weighted by molar-refractivity contribution is 6.21. The molecule has 180 valence electrons. The van der Waals surface area contributed by atoms with Gasteiger partial charge in [-0.05, 0) is 31.6 Å². The molecule has 4 rings (SSSR count). The molecular formula is C22H27ClN2O8. The number of carbonyl (C=O) groups excluding carboxylic acids is 3. The molecule has 0 bridgehead atoms. The average molecular weight is 483 g/mol. The second-order valence-corrected chi connectivity index (χ2v) is 9.18. The van der Waals surface area contributed by atoms with Crippen molar-refractivity contribution in [3.05, 3.63) is 40.7 Å². The molecule has 7 atom stereocenters. The number of carbonyl (C=O) groups is 3. The number of ketones is 2. The van der Waals surface area contributed by atoms with Crippen LogP contribution < -0.4 is 5.73 Å². The smallest absolute Gasteiger partial charge is 0.255 e. The van der Waals surface area contributed by atoms with Crippen LogP contribution in [0.2, 0.25) is 0 Å². The molecule has 1 aromatic rings. The number of aromatic hydroxyl groups is 1. The van der Waals surface area contributed by atoms with Crippen LogP contribution in [-0.4, -0.2) is 79.9 Å². The van der Waals surface area contributed by atoms with Crippen molar-refractivity contribution in [1.29, 1.82) is 0 Å². The number of benzene rings is 1. The maximum absolute atomic E-state index is 13.4. The van der Waals surface area contributed by atoms with Gasteiger partial charge in [-0.1, -0.05) is 19.1 Å². The summed E-state index contributed by atoms with van der Waals surface area (Å²) in [4.78, 5) is 40.0. The Morgan fingerprint density at radius 2 is 1.64 bits per heavy atom. The normalized spacial score (nSPS) is 34.8. The van der Waals surface area contributed by atoms with Crippen molar-refractivity contribution < 1.29 is 39.9 Å². The Kier molecular flexibility index (Phi) is 6.14. The van der Waals surface area contributed by atoms with Crippen molar-refractivity contribution in [1.82, 2.24) is 4.90 Å². The number of aliphatic hydroxyl groups is 4. The number of aliphatic hydroxyl groups excluding tert-OH is 2. The van der Waals surface area contributed by atoms with E-state index >= 15 is 0 Å². The summed E-state index contributed by atoms with van der Waals surface area (Å²) >= 11 is 0. The summed E-state index contributed by atoms with van der Waals surface area (Å²) in [5, 5.41) is 55.0. The maximum atomic E-state index is 13.4. The summed E-state index contributed by atoms with van der Waals surface area (Å²) in [5.74, 6) is -13.6. The lowest BCUT2D eigenvalue weighted by Crippen LogP contribution is -2.71. The van der Waals surface area contributed by atoms with Gasteiger partial charge in [0.05, 0.1) is 29.5 Å². The van der Waals surface area contributed by atoms with E-state index in [0.29, 0.717) is 5.56 Å². The third-order valence-electron chi connectivity index (χ3n) is 7.38. The van der Waals surface area contributed by atoms with Crippen molar-refractivity contribution >= 4 is 29.9 Å². The number of halogens is 1. The molecule has 3 aliphatic carbocycles. The van der Waals surface area contributed by atoms with Gasteiger partial charge in [0.2, 0.25) is 0 Å². The van der Waals surface area contributed by atoms with Crippen LogP contribution in [0, 0.1) is 23.7 Å². The molecule has 7 N–H and O–H groups in total. The number of nitrogens with two attached hydrogens (primary N) is 1. The molecule has 1 fully saturated rings. The first-order chi connectivity index (χ1) is 14.8. The molecule has 0 spiro atoms. The SMILES string of the molecule is CC1c2cccc(O)c2C(=O)C2C1C(O)C1C(N(C)C)C(O)=C(C(N)=O)C(=O)C1C2(O)O.Cl. The molecule has 0 aromatic heterocycles. The number of amides is 1. The van der Waals surface area contributed by atoms with Crippen LogP contribution in [0.3, 0.4) is 0 Å².